The van der Waals surface area contributed by atoms with Gasteiger partial charge in [-0.05, 0) is 31.1 Å². The molecule has 1 aromatic rings. The summed E-state index contributed by atoms with van der Waals surface area (Å²) in [6, 6.07) is 7.89. The first-order valence-electron chi connectivity index (χ1n) is 5.64. The summed E-state index contributed by atoms with van der Waals surface area (Å²) < 4.78 is 10.2. The van der Waals surface area contributed by atoms with Gasteiger partial charge in [-0.2, -0.15) is 0 Å². The number of hydrogen-bond donors (Lipinski definition) is 0. The molecule has 0 bridgehead atoms. The zero-order valence-corrected chi connectivity index (χ0v) is 10.5. The number of para-hydroxylation sites is 1. The summed E-state index contributed by atoms with van der Waals surface area (Å²) in [4.78, 5) is 11.1. The summed E-state index contributed by atoms with van der Waals surface area (Å²) in [7, 11) is 1.37. The van der Waals surface area contributed by atoms with E-state index >= 15 is 0 Å². The van der Waals surface area contributed by atoms with Crippen LogP contribution in [0.15, 0.2) is 35.9 Å². The van der Waals surface area contributed by atoms with Crippen molar-refractivity contribution in [3.8, 4) is 5.75 Å². The second-order valence-electron chi connectivity index (χ2n) is 3.65. The minimum Gasteiger partial charge on any atom is -0.489 e. The molecule has 0 aromatic heterocycles. The molecule has 0 saturated heterocycles. The van der Waals surface area contributed by atoms with Gasteiger partial charge in [0.25, 0.3) is 0 Å². The molecule has 0 heterocycles. The number of esters is 1. The maximum atomic E-state index is 11.1. The van der Waals surface area contributed by atoms with Crippen LogP contribution in [0.4, 0.5) is 0 Å². The van der Waals surface area contributed by atoms with Crippen LogP contribution in [-0.4, -0.2) is 19.7 Å². The second kappa shape index (κ2) is 6.74. The lowest BCUT2D eigenvalue weighted by molar-refractivity contribution is -0.136. The van der Waals surface area contributed by atoms with Crippen LogP contribution in [0.1, 0.15) is 19.4 Å². The third-order valence-corrected chi connectivity index (χ3v) is 2.49. The molecule has 0 aliphatic carbocycles. The molecule has 0 N–H and O–H groups in total. The Kier molecular flexibility index (Phi) is 5.27. The number of carbonyl (C=O) groups is 1. The molecule has 0 saturated carbocycles. The van der Waals surface area contributed by atoms with Crippen molar-refractivity contribution in [2.45, 2.75) is 20.3 Å². The fourth-order valence-corrected chi connectivity index (χ4v) is 1.44. The monoisotopic (exact) mass is 234 g/mol. The lowest BCUT2D eigenvalue weighted by Gasteiger charge is -2.08. The van der Waals surface area contributed by atoms with Gasteiger partial charge in [-0.1, -0.05) is 25.1 Å². The highest BCUT2D eigenvalue weighted by Gasteiger charge is 2.03. The van der Waals surface area contributed by atoms with Gasteiger partial charge >= 0.3 is 5.97 Å². The van der Waals surface area contributed by atoms with Crippen LogP contribution in [0.3, 0.4) is 0 Å². The molecule has 1 aromatic carbocycles. The molecule has 0 atom stereocenters. The van der Waals surface area contributed by atoms with E-state index in [1.807, 2.05) is 24.3 Å². The predicted octanol–water partition coefficient (Wildman–Crippen LogP) is 2.75. The van der Waals surface area contributed by atoms with Gasteiger partial charge in [-0.25, -0.2) is 4.79 Å². The summed E-state index contributed by atoms with van der Waals surface area (Å²) in [5.74, 6) is 0.543. The Morgan fingerprint density at radius 2 is 2.06 bits per heavy atom. The highest BCUT2D eigenvalue weighted by atomic mass is 16.5. The summed E-state index contributed by atoms with van der Waals surface area (Å²) in [6.45, 7) is 4.16. The molecule has 17 heavy (non-hydrogen) atoms. The number of methoxy groups -OCH3 is 1. The van der Waals surface area contributed by atoms with Crippen molar-refractivity contribution in [2.75, 3.05) is 13.7 Å². The number of carbonyl (C=O) groups excluding carboxylic acids is 1. The van der Waals surface area contributed by atoms with E-state index in [9.17, 15) is 4.79 Å². The summed E-state index contributed by atoms with van der Waals surface area (Å²) in [5, 5.41) is 0. The van der Waals surface area contributed by atoms with E-state index in [4.69, 9.17) is 4.74 Å². The van der Waals surface area contributed by atoms with E-state index in [-0.39, 0.29) is 5.97 Å². The zero-order valence-electron chi connectivity index (χ0n) is 10.5. The highest BCUT2D eigenvalue weighted by molar-refractivity contribution is 5.87. The molecule has 0 radical (unpaired) electrons. The quantitative estimate of drug-likeness (QED) is 0.580. The first-order valence-corrected chi connectivity index (χ1v) is 5.64. The van der Waals surface area contributed by atoms with Gasteiger partial charge in [0, 0.05) is 5.57 Å². The molecule has 0 fully saturated rings. The van der Waals surface area contributed by atoms with E-state index in [2.05, 4.69) is 11.7 Å². The Bertz CT molecular complexity index is 408. The van der Waals surface area contributed by atoms with Crippen molar-refractivity contribution in [3.63, 3.8) is 0 Å². The van der Waals surface area contributed by atoms with Crippen molar-refractivity contribution in [3.05, 3.63) is 41.5 Å². The van der Waals surface area contributed by atoms with Crippen LogP contribution in [0.2, 0.25) is 0 Å². The number of benzene rings is 1. The van der Waals surface area contributed by atoms with Gasteiger partial charge in [0.15, 0.2) is 0 Å². The van der Waals surface area contributed by atoms with Crippen molar-refractivity contribution < 1.29 is 14.3 Å². The van der Waals surface area contributed by atoms with E-state index in [0.717, 1.165) is 17.7 Å². The van der Waals surface area contributed by atoms with E-state index in [0.29, 0.717) is 12.2 Å². The van der Waals surface area contributed by atoms with Crippen molar-refractivity contribution in [1.29, 1.82) is 0 Å². The van der Waals surface area contributed by atoms with Gasteiger partial charge < -0.3 is 9.47 Å². The fraction of sp³-hybridized carbons (Fsp3) is 0.357. The van der Waals surface area contributed by atoms with Gasteiger partial charge in [-0.15, -0.1) is 0 Å². The Hall–Kier alpha value is -1.77. The van der Waals surface area contributed by atoms with Crippen molar-refractivity contribution in [2.24, 2.45) is 0 Å². The average Bonchev–Trinajstić information content (AvgIpc) is 2.38. The van der Waals surface area contributed by atoms with Gasteiger partial charge in [0.1, 0.15) is 12.4 Å². The van der Waals surface area contributed by atoms with Crippen LogP contribution in [0, 0.1) is 0 Å². The SMILES string of the molecule is CCc1ccccc1OCC=C(C)C(=O)OC. The Morgan fingerprint density at radius 1 is 1.35 bits per heavy atom. The first kappa shape index (κ1) is 13.3. The van der Waals surface area contributed by atoms with Crippen LogP contribution in [0.5, 0.6) is 5.75 Å². The maximum Gasteiger partial charge on any atom is 0.333 e. The normalized spacial score (nSPS) is 11.1. The Balaban J connectivity index is 2.59. The molecular formula is C14H18O3. The van der Waals surface area contributed by atoms with Crippen LogP contribution < -0.4 is 4.74 Å². The molecule has 3 heteroatoms. The summed E-state index contributed by atoms with van der Waals surface area (Å²) in [6.07, 6.45) is 2.65. The first-order chi connectivity index (χ1) is 8.19. The molecule has 0 amide bonds. The number of aryl methyl sites for hydroxylation is 1. The second-order valence-corrected chi connectivity index (χ2v) is 3.65. The summed E-state index contributed by atoms with van der Waals surface area (Å²) in [5.41, 5.74) is 1.72. The van der Waals surface area contributed by atoms with E-state index in [1.54, 1.807) is 13.0 Å². The number of hydrogen-bond acceptors (Lipinski definition) is 3. The molecule has 0 aliphatic heterocycles. The van der Waals surface area contributed by atoms with E-state index < -0.39 is 0 Å². The predicted molar refractivity (Wildman–Crippen MR) is 67.1 cm³/mol. The topological polar surface area (TPSA) is 35.5 Å². The molecular weight excluding hydrogens is 216 g/mol. The summed E-state index contributed by atoms with van der Waals surface area (Å²) >= 11 is 0. The van der Waals surface area contributed by atoms with Crippen LogP contribution in [-0.2, 0) is 16.0 Å². The molecule has 0 spiro atoms. The lowest BCUT2D eigenvalue weighted by atomic mass is 10.1. The Morgan fingerprint density at radius 3 is 2.71 bits per heavy atom. The largest absolute Gasteiger partial charge is 0.489 e. The smallest absolute Gasteiger partial charge is 0.333 e. The molecule has 0 aliphatic rings. The highest BCUT2D eigenvalue weighted by Crippen LogP contribution is 2.18. The third-order valence-electron chi connectivity index (χ3n) is 2.49. The molecule has 3 nitrogen and oxygen atoms in total. The maximum absolute atomic E-state index is 11.1. The number of rotatable bonds is 5. The fourth-order valence-electron chi connectivity index (χ4n) is 1.44. The van der Waals surface area contributed by atoms with Crippen molar-refractivity contribution in [1.82, 2.24) is 0 Å². The minimum absolute atomic E-state index is 0.322. The molecule has 0 unspecified atom stereocenters. The van der Waals surface area contributed by atoms with E-state index in [1.165, 1.54) is 7.11 Å². The van der Waals surface area contributed by atoms with Crippen molar-refractivity contribution >= 4 is 5.97 Å². The number of ether oxygens (including phenoxy) is 2. The third kappa shape index (κ3) is 3.94. The Labute approximate surface area is 102 Å². The lowest BCUT2D eigenvalue weighted by Crippen LogP contribution is -2.04. The average molecular weight is 234 g/mol. The molecule has 92 valence electrons. The van der Waals surface area contributed by atoms with Crippen LogP contribution in [0.25, 0.3) is 0 Å². The van der Waals surface area contributed by atoms with Gasteiger partial charge in [0.2, 0.25) is 0 Å². The van der Waals surface area contributed by atoms with Gasteiger partial charge in [0.05, 0.1) is 7.11 Å². The minimum atomic E-state index is -0.322. The van der Waals surface area contributed by atoms with Gasteiger partial charge in [-0.3, -0.25) is 0 Å². The zero-order chi connectivity index (χ0) is 12.7. The standard InChI is InChI=1S/C14H18O3/c1-4-12-7-5-6-8-13(12)17-10-9-11(2)14(15)16-3/h5-9H,4,10H2,1-3H3. The van der Waals surface area contributed by atoms with Crippen LogP contribution >= 0.6 is 0 Å². The molecule has 1 rings (SSSR count).